The Morgan fingerprint density at radius 1 is 1.29 bits per heavy atom. The van der Waals surface area contributed by atoms with Gasteiger partial charge in [0.05, 0.1) is 11.0 Å². The lowest BCUT2D eigenvalue weighted by molar-refractivity contribution is -0.385. The highest BCUT2D eigenvalue weighted by molar-refractivity contribution is 9.10. The van der Waals surface area contributed by atoms with E-state index in [2.05, 4.69) is 21.2 Å². The Balaban J connectivity index is 2.05. The summed E-state index contributed by atoms with van der Waals surface area (Å²) in [6.45, 7) is 2.34. The van der Waals surface area contributed by atoms with Gasteiger partial charge in [0.1, 0.15) is 5.82 Å². The van der Waals surface area contributed by atoms with Crippen LogP contribution in [0.1, 0.15) is 24.1 Å². The number of hydrogen-bond acceptors (Lipinski definition) is 3. The summed E-state index contributed by atoms with van der Waals surface area (Å²) in [5.41, 5.74) is 1.40. The molecule has 2 aromatic carbocycles. The zero-order valence-electron chi connectivity index (χ0n) is 11.3. The van der Waals surface area contributed by atoms with Crippen molar-refractivity contribution in [3.8, 4) is 0 Å². The molecular weight excluding hydrogens is 339 g/mol. The van der Waals surface area contributed by atoms with Gasteiger partial charge in [-0.1, -0.05) is 28.1 Å². The molecule has 0 saturated heterocycles. The zero-order chi connectivity index (χ0) is 15.4. The topological polar surface area (TPSA) is 55.2 Å². The van der Waals surface area contributed by atoms with E-state index in [9.17, 15) is 14.5 Å². The van der Waals surface area contributed by atoms with Gasteiger partial charge in [-0.2, -0.15) is 0 Å². The molecule has 0 spiro atoms. The number of non-ortho nitro benzene ring substituents is 1. The van der Waals surface area contributed by atoms with Crippen LogP contribution in [0.5, 0.6) is 0 Å². The second-order valence-corrected chi connectivity index (χ2v) is 5.64. The maximum atomic E-state index is 13.3. The molecule has 1 N–H and O–H groups in total. The minimum atomic E-state index is -0.600. The van der Waals surface area contributed by atoms with Crippen LogP contribution in [0, 0.1) is 15.9 Å². The average molecular weight is 353 g/mol. The predicted molar refractivity (Wildman–Crippen MR) is 82.5 cm³/mol. The lowest BCUT2D eigenvalue weighted by Crippen LogP contribution is -2.18. The summed E-state index contributed by atoms with van der Waals surface area (Å²) in [7, 11) is 0. The van der Waals surface area contributed by atoms with E-state index in [4.69, 9.17) is 0 Å². The van der Waals surface area contributed by atoms with Crippen molar-refractivity contribution in [2.24, 2.45) is 0 Å². The number of nitro groups is 1. The highest BCUT2D eigenvalue weighted by Gasteiger charge is 2.11. The van der Waals surface area contributed by atoms with Crippen molar-refractivity contribution in [3.63, 3.8) is 0 Å². The molecule has 0 fully saturated rings. The number of benzene rings is 2. The highest BCUT2D eigenvalue weighted by atomic mass is 79.9. The Labute approximate surface area is 130 Å². The average Bonchev–Trinajstić information content (AvgIpc) is 2.45. The number of hydrogen-bond donors (Lipinski definition) is 1. The summed E-state index contributed by atoms with van der Waals surface area (Å²) in [6, 6.07) is 11.5. The van der Waals surface area contributed by atoms with E-state index >= 15 is 0 Å². The van der Waals surface area contributed by atoms with Crippen LogP contribution in [0.15, 0.2) is 46.9 Å². The third-order valence-electron chi connectivity index (χ3n) is 3.14. The van der Waals surface area contributed by atoms with Crippen LogP contribution in [0.25, 0.3) is 0 Å². The van der Waals surface area contributed by atoms with Gasteiger partial charge in [0.2, 0.25) is 0 Å². The molecule has 0 aliphatic rings. The summed E-state index contributed by atoms with van der Waals surface area (Å²) >= 11 is 3.37. The van der Waals surface area contributed by atoms with E-state index in [0.29, 0.717) is 12.1 Å². The molecule has 1 atom stereocenters. The smallest absolute Gasteiger partial charge is 0.272 e. The Hall–Kier alpha value is -1.79. The molecule has 0 unspecified atom stereocenters. The van der Waals surface area contributed by atoms with E-state index < -0.39 is 10.7 Å². The van der Waals surface area contributed by atoms with Gasteiger partial charge in [0, 0.05) is 23.1 Å². The van der Waals surface area contributed by atoms with Gasteiger partial charge in [0.25, 0.3) is 5.69 Å². The van der Waals surface area contributed by atoms with Crippen molar-refractivity contribution >= 4 is 21.6 Å². The molecule has 2 rings (SSSR count). The van der Waals surface area contributed by atoms with E-state index in [0.717, 1.165) is 16.1 Å². The van der Waals surface area contributed by atoms with Crippen molar-refractivity contribution in [3.05, 3.63) is 74.0 Å². The third-order valence-corrected chi connectivity index (χ3v) is 3.66. The molecule has 0 radical (unpaired) electrons. The van der Waals surface area contributed by atoms with Crippen LogP contribution in [0.3, 0.4) is 0 Å². The lowest BCUT2D eigenvalue weighted by atomic mass is 10.1. The van der Waals surface area contributed by atoms with E-state index in [1.807, 2.05) is 31.2 Å². The van der Waals surface area contributed by atoms with Crippen LogP contribution in [-0.2, 0) is 6.54 Å². The van der Waals surface area contributed by atoms with Crippen molar-refractivity contribution in [2.75, 3.05) is 0 Å². The van der Waals surface area contributed by atoms with Gasteiger partial charge in [0.15, 0.2) is 0 Å². The minimum Gasteiger partial charge on any atom is -0.306 e. The molecule has 0 aliphatic carbocycles. The number of nitrogens with one attached hydrogen (secondary N) is 1. The molecule has 0 amide bonds. The molecule has 0 aromatic heterocycles. The van der Waals surface area contributed by atoms with Gasteiger partial charge >= 0.3 is 0 Å². The quantitative estimate of drug-likeness (QED) is 0.642. The van der Waals surface area contributed by atoms with Crippen LogP contribution in [0.4, 0.5) is 10.1 Å². The summed E-state index contributed by atoms with van der Waals surface area (Å²) in [5, 5.41) is 13.9. The second kappa shape index (κ2) is 6.78. The van der Waals surface area contributed by atoms with Gasteiger partial charge in [-0.3, -0.25) is 10.1 Å². The number of nitro benzene ring substituents is 1. The predicted octanol–water partition coefficient (Wildman–Crippen LogP) is 4.35. The van der Waals surface area contributed by atoms with Crippen LogP contribution in [-0.4, -0.2) is 4.92 Å². The van der Waals surface area contributed by atoms with Crippen LogP contribution >= 0.6 is 15.9 Å². The standard InChI is InChI=1S/C15H14BrFN2O2/c1-10(12-2-4-13(16)5-3-12)18-9-11-6-14(17)8-15(7-11)19(20)21/h2-8,10,18H,9H2,1H3/t10-/m0/s1. The van der Waals surface area contributed by atoms with E-state index in [1.165, 1.54) is 12.1 Å². The number of rotatable bonds is 5. The number of halogens is 2. The SMILES string of the molecule is C[C@H](NCc1cc(F)cc([N+](=O)[O-])c1)c1ccc(Br)cc1. The van der Waals surface area contributed by atoms with Gasteiger partial charge < -0.3 is 5.32 Å². The minimum absolute atomic E-state index is 0.0559. The molecular formula is C15H14BrFN2O2. The fourth-order valence-electron chi connectivity index (χ4n) is 1.98. The van der Waals surface area contributed by atoms with Crippen molar-refractivity contribution in [2.45, 2.75) is 19.5 Å². The fraction of sp³-hybridized carbons (Fsp3) is 0.200. The fourth-order valence-corrected chi connectivity index (χ4v) is 2.25. The van der Waals surface area contributed by atoms with Crippen molar-refractivity contribution in [1.29, 1.82) is 0 Å². The van der Waals surface area contributed by atoms with Gasteiger partial charge in [-0.25, -0.2) is 4.39 Å². The van der Waals surface area contributed by atoms with E-state index in [-0.39, 0.29) is 11.7 Å². The second-order valence-electron chi connectivity index (χ2n) is 4.73. The summed E-state index contributed by atoms with van der Waals surface area (Å²) < 4.78 is 14.3. The van der Waals surface area contributed by atoms with Crippen molar-refractivity contribution < 1.29 is 9.31 Å². The molecule has 0 heterocycles. The Kier molecular flexibility index (Phi) is 5.03. The largest absolute Gasteiger partial charge is 0.306 e. The molecule has 2 aromatic rings. The molecule has 0 saturated carbocycles. The van der Waals surface area contributed by atoms with E-state index in [1.54, 1.807) is 0 Å². The first kappa shape index (κ1) is 15.6. The normalized spacial score (nSPS) is 12.1. The summed E-state index contributed by atoms with van der Waals surface area (Å²) in [4.78, 5) is 10.1. The lowest BCUT2D eigenvalue weighted by Gasteiger charge is -2.14. The molecule has 4 nitrogen and oxygen atoms in total. The first-order valence-electron chi connectivity index (χ1n) is 6.38. The first-order valence-corrected chi connectivity index (χ1v) is 7.17. The molecule has 110 valence electrons. The molecule has 21 heavy (non-hydrogen) atoms. The Bertz CT molecular complexity index is 647. The maximum Gasteiger partial charge on any atom is 0.272 e. The van der Waals surface area contributed by atoms with Crippen LogP contribution < -0.4 is 5.32 Å². The third kappa shape index (κ3) is 4.34. The Morgan fingerprint density at radius 2 is 1.95 bits per heavy atom. The van der Waals surface area contributed by atoms with Crippen LogP contribution in [0.2, 0.25) is 0 Å². The molecule has 0 bridgehead atoms. The summed E-state index contributed by atoms with van der Waals surface area (Å²) in [6.07, 6.45) is 0. The van der Waals surface area contributed by atoms with Crippen molar-refractivity contribution in [1.82, 2.24) is 5.32 Å². The molecule has 0 aliphatic heterocycles. The van der Waals surface area contributed by atoms with Gasteiger partial charge in [-0.05, 0) is 36.2 Å². The zero-order valence-corrected chi connectivity index (χ0v) is 12.9. The number of nitrogens with zero attached hydrogens (tertiary/aromatic N) is 1. The monoisotopic (exact) mass is 352 g/mol. The first-order chi connectivity index (χ1) is 9.95. The molecule has 6 heteroatoms. The summed E-state index contributed by atoms with van der Waals surface area (Å²) in [5.74, 6) is -0.600. The maximum absolute atomic E-state index is 13.3. The van der Waals surface area contributed by atoms with Gasteiger partial charge in [-0.15, -0.1) is 0 Å². The highest BCUT2D eigenvalue weighted by Crippen LogP contribution is 2.19. The Morgan fingerprint density at radius 3 is 2.57 bits per heavy atom.